The Balaban J connectivity index is 2.00. The lowest BCUT2D eigenvalue weighted by atomic mass is 10.1. The molecule has 1 aromatic carbocycles. The number of hydrogen-bond donors (Lipinski definition) is 2. The Labute approximate surface area is 129 Å². The van der Waals surface area contributed by atoms with Crippen LogP contribution in [0, 0.1) is 0 Å². The molecule has 0 bridgehead atoms. The van der Waals surface area contributed by atoms with Gasteiger partial charge >= 0.3 is 0 Å². The van der Waals surface area contributed by atoms with Crippen molar-refractivity contribution in [2.75, 3.05) is 5.32 Å². The van der Waals surface area contributed by atoms with Gasteiger partial charge in [0.05, 0.1) is 5.56 Å². The molecule has 2 amide bonds. The lowest BCUT2D eigenvalue weighted by Crippen LogP contribution is -2.31. The highest BCUT2D eigenvalue weighted by Gasteiger charge is 2.09. The van der Waals surface area contributed by atoms with Crippen molar-refractivity contribution in [2.24, 2.45) is 0 Å². The Bertz CT molecular complexity index is 639. The van der Waals surface area contributed by atoms with E-state index in [9.17, 15) is 9.59 Å². The number of rotatable bonds is 5. The first kappa shape index (κ1) is 15.7. The van der Waals surface area contributed by atoms with Crippen LogP contribution in [0.1, 0.15) is 41.0 Å². The highest BCUT2D eigenvalue weighted by Crippen LogP contribution is 2.11. The number of nitrogens with zero attached hydrogens (tertiary/aromatic N) is 1. The minimum Gasteiger partial charge on any atom is -0.350 e. The van der Waals surface area contributed by atoms with Gasteiger partial charge in [0.15, 0.2) is 0 Å². The van der Waals surface area contributed by atoms with Crippen LogP contribution in [-0.4, -0.2) is 22.8 Å². The second-order valence-electron chi connectivity index (χ2n) is 5.06. The van der Waals surface area contributed by atoms with Crippen LogP contribution in [0.2, 0.25) is 0 Å². The van der Waals surface area contributed by atoms with Gasteiger partial charge in [0, 0.05) is 29.7 Å². The molecule has 2 aromatic rings. The highest BCUT2D eigenvalue weighted by molar-refractivity contribution is 6.04. The lowest BCUT2D eigenvalue weighted by molar-refractivity contribution is 0.0938. The number of hydrogen-bond acceptors (Lipinski definition) is 3. The summed E-state index contributed by atoms with van der Waals surface area (Å²) >= 11 is 0. The quantitative estimate of drug-likeness (QED) is 0.891. The topological polar surface area (TPSA) is 71.1 Å². The maximum Gasteiger partial charge on any atom is 0.257 e. The molecule has 0 aliphatic rings. The molecule has 2 rings (SSSR count). The predicted molar refractivity (Wildman–Crippen MR) is 85.9 cm³/mol. The molecule has 1 aromatic heterocycles. The predicted octanol–water partition coefficient (Wildman–Crippen LogP) is 2.86. The van der Waals surface area contributed by atoms with E-state index in [1.54, 1.807) is 42.6 Å². The van der Waals surface area contributed by atoms with Crippen molar-refractivity contribution in [3.05, 3.63) is 59.9 Å². The Kier molecular flexibility index (Phi) is 5.25. The number of anilines is 1. The second kappa shape index (κ2) is 7.36. The van der Waals surface area contributed by atoms with Gasteiger partial charge in [-0.2, -0.15) is 0 Å². The van der Waals surface area contributed by atoms with Crippen molar-refractivity contribution < 1.29 is 9.59 Å². The van der Waals surface area contributed by atoms with Crippen LogP contribution in [0.4, 0.5) is 5.69 Å². The molecule has 2 N–H and O–H groups in total. The van der Waals surface area contributed by atoms with Gasteiger partial charge in [-0.05, 0) is 49.7 Å². The summed E-state index contributed by atoms with van der Waals surface area (Å²) in [5.41, 5.74) is 1.69. The van der Waals surface area contributed by atoms with Gasteiger partial charge in [-0.3, -0.25) is 14.6 Å². The maximum atomic E-state index is 12.0. The van der Waals surface area contributed by atoms with Gasteiger partial charge in [0.25, 0.3) is 11.8 Å². The number of carbonyl (C=O) groups excluding carboxylic acids is 2. The van der Waals surface area contributed by atoms with Crippen molar-refractivity contribution in [1.82, 2.24) is 10.3 Å². The average molecular weight is 297 g/mol. The fourth-order valence-corrected chi connectivity index (χ4v) is 1.81. The van der Waals surface area contributed by atoms with Crippen LogP contribution in [0.25, 0.3) is 0 Å². The van der Waals surface area contributed by atoms with Gasteiger partial charge < -0.3 is 10.6 Å². The summed E-state index contributed by atoms with van der Waals surface area (Å²) in [4.78, 5) is 27.9. The number of aromatic nitrogens is 1. The van der Waals surface area contributed by atoms with E-state index in [1.807, 2.05) is 13.8 Å². The van der Waals surface area contributed by atoms with E-state index in [0.717, 1.165) is 6.42 Å². The van der Waals surface area contributed by atoms with Crippen molar-refractivity contribution in [3.63, 3.8) is 0 Å². The molecule has 114 valence electrons. The largest absolute Gasteiger partial charge is 0.350 e. The molecule has 0 aliphatic heterocycles. The van der Waals surface area contributed by atoms with E-state index in [0.29, 0.717) is 16.8 Å². The molecule has 0 spiro atoms. The number of carbonyl (C=O) groups is 2. The van der Waals surface area contributed by atoms with Gasteiger partial charge in [-0.15, -0.1) is 0 Å². The molecule has 0 radical (unpaired) electrons. The fourth-order valence-electron chi connectivity index (χ4n) is 1.81. The third-order valence-corrected chi connectivity index (χ3v) is 3.32. The minimum absolute atomic E-state index is 0.112. The summed E-state index contributed by atoms with van der Waals surface area (Å²) in [5.74, 6) is -0.343. The molecule has 22 heavy (non-hydrogen) atoms. The first-order valence-electron chi connectivity index (χ1n) is 7.22. The summed E-state index contributed by atoms with van der Waals surface area (Å²) in [5, 5.41) is 5.66. The van der Waals surface area contributed by atoms with Gasteiger partial charge in [-0.25, -0.2) is 0 Å². The average Bonchev–Trinajstić information content (AvgIpc) is 2.56. The van der Waals surface area contributed by atoms with Crippen LogP contribution >= 0.6 is 0 Å². The maximum absolute atomic E-state index is 12.0. The normalized spacial score (nSPS) is 11.5. The van der Waals surface area contributed by atoms with Crippen molar-refractivity contribution in [1.29, 1.82) is 0 Å². The van der Waals surface area contributed by atoms with Crippen LogP contribution in [0.3, 0.4) is 0 Å². The van der Waals surface area contributed by atoms with E-state index < -0.39 is 0 Å². The van der Waals surface area contributed by atoms with E-state index in [2.05, 4.69) is 15.6 Å². The standard InChI is InChI=1S/C17H19N3O2/c1-3-12(2)19-16(21)13-6-8-15(9-7-13)20-17(22)14-5-4-10-18-11-14/h4-12H,3H2,1-2H3,(H,19,21)(H,20,22). The molecule has 1 heterocycles. The van der Waals surface area contributed by atoms with Crippen LogP contribution in [0.15, 0.2) is 48.8 Å². The molecule has 1 unspecified atom stereocenters. The molecular formula is C17H19N3O2. The third-order valence-electron chi connectivity index (χ3n) is 3.32. The molecule has 0 fully saturated rings. The number of pyridine rings is 1. The van der Waals surface area contributed by atoms with E-state index >= 15 is 0 Å². The Morgan fingerprint density at radius 3 is 2.41 bits per heavy atom. The van der Waals surface area contributed by atoms with E-state index in [1.165, 1.54) is 6.20 Å². The number of benzene rings is 1. The highest BCUT2D eigenvalue weighted by atomic mass is 16.2. The smallest absolute Gasteiger partial charge is 0.257 e. The monoisotopic (exact) mass is 297 g/mol. The summed E-state index contributed by atoms with van der Waals surface area (Å²) in [6.07, 6.45) is 4.00. The van der Waals surface area contributed by atoms with Crippen LogP contribution in [0.5, 0.6) is 0 Å². The zero-order valence-corrected chi connectivity index (χ0v) is 12.7. The lowest BCUT2D eigenvalue weighted by Gasteiger charge is -2.11. The second-order valence-corrected chi connectivity index (χ2v) is 5.06. The third kappa shape index (κ3) is 4.15. The summed E-state index contributed by atoms with van der Waals surface area (Å²) in [6, 6.07) is 10.3. The van der Waals surface area contributed by atoms with E-state index in [-0.39, 0.29) is 17.9 Å². The molecule has 0 saturated carbocycles. The first-order chi connectivity index (χ1) is 10.6. The van der Waals surface area contributed by atoms with Crippen LogP contribution in [-0.2, 0) is 0 Å². The van der Waals surface area contributed by atoms with Gasteiger partial charge in [0.2, 0.25) is 0 Å². The van der Waals surface area contributed by atoms with Gasteiger partial charge in [0.1, 0.15) is 0 Å². The molecular weight excluding hydrogens is 278 g/mol. The number of amides is 2. The Morgan fingerprint density at radius 1 is 1.09 bits per heavy atom. The summed E-state index contributed by atoms with van der Waals surface area (Å²) in [7, 11) is 0. The molecule has 0 aliphatic carbocycles. The van der Waals surface area contributed by atoms with Crippen molar-refractivity contribution in [2.45, 2.75) is 26.3 Å². The Morgan fingerprint density at radius 2 is 1.82 bits per heavy atom. The van der Waals surface area contributed by atoms with E-state index in [4.69, 9.17) is 0 Å². The SMILES string of the molecule is CCC(C)NC(=O)c1ccc(NC(=O)c2cccnc2)cc1. The minimum atomic E-state index is -0.232. The fraction of sp³-hybridized carbons (Fsp3) is 0.235. The van der Waals surface area contributed by atoms with Crippen molar-refractivity contribution in [3.8, 4) is 0 Å². The zero-order valence-electron chi connectivity index (χ0n) is 12.7. The first-order valence-corrected chi connectivity index (χ1v) is 7.22. The number of nitrogens with one attached hydrogen (secondary N) is 2. The van der Waals surface area contributed by atoms with Crippen molar-refractivity contribution >= 4 is 17.5 Å². The zero-order chi connectivity index (χ0) is 15.9. The summed E-state index contributed by atoms with van der Waals surface area (Å²) in [6.45, 7) is 3.97. The molecule has 1 atom stereocenters. The molecule has 0 saturated heterocycles. The van der Waals surface area contributed by atoms with Crippen LogP contribution < -0.4 is 10.6 Å². The van der Waals surface area contributed by atoms with Gasteiger partial charge in [-0.1, -0.05) is 6.92 Å². The molecule has 5 nitrogen and oxygen atoms in total. The molecule has 5 heteroatoms. The summed E-state index contributed by atoms with van der Waals surface area (Å²) < 4.78 is 0. The Hall–Kier alpha value is -2.69.